The zero-order valence-electron chi connectivity index (χ0n) is 16.0. The average Bonchev–Trinajstić information content (AvgIpc) is 3.25. The van der Waals surface area contributed by atoms with Gasteiger partial charge in [0, 0.05) is 10.9 Å². The van der Waals surface area contributed by atoms with Crippen molar-refractivity contribution in [1.29, 1.82) is 0 Å². The second kappa shape index (κ2) is 7.61. The van der Waals surface area contributed by atoms with Crippen molar-refractivity contribution in [2.45, 2.75) is 13.0 Å². The zero-order chi connectivity index (χ0) is 20.5. The van der Waals surface area contributed by atoms with Crippen LogP contribution in [-0.2, 0) is 0 Å². The van der Waals surface area contributed by atoms with Gasteiger partial charge in [-0.05, 0) is 31.2 Å². The number of nitrogens with one attached hydrogen (secondary N) is 2. The number of anilines is 1. The van der Waals surface area contributed by atoms with Gasteiger partial charge in [-0.25, -0.2) is 19.9 Å². The summed E-state index contributed by atoms with van der Waals surface area (Å²) in [6.45, 7) is 2.02. The van der Waals surface area contributed by atoms with E-state index >= 15 is 0 Å². The fourth-order valence-electron chi connectivity index (χ4n) is 3.31. The Morgan fingerprint density at radius 1 is 1.03 bits per heavy atom. The van der Waals surface area contributed by atoms with Gasteiger partial charge in [-0.3, -0.25) is 0 Å². The van der Waals surface area contributed by atoms with Crippen molar-refractivity contribution in [3.63, 3.8) is 0 Å². The Morgan fingerprint density at radius 3 is 2.77 bits per heavy atom. The van der Waals surface area contributed by atoms with E-state index in [0.29, 0.717) is 33.6 Å². The topological polar surface area (TPSA) is 88.6 Å². The second-order valence-electron chi connectivity index (χ2n) is 6.80. The van der Waals surface area contributed by atoms with Gasteiger partial charge in [0.2, 0.25) is 5.88 Å². The van der Waals surface area contributed by atoms with Crippen LogP contribution in [0.4, 0.5) is 5.82 Å². The van der Waals surface area contributed by atoms with Crippen molar-refractivity contribution in [3.8, 4) is 11.6 Å². The van der Waals surface area contributed by atoms with Crippen LogP contribution >= 0.6 is 11.6 Å². The lowest BCUT2D eigenvalue weighted by Crippen LogP contribution is -2.11. The summed E-state index contributed by atoms with van der Waals surface area (Å²) in [5, 5.41) is 4.93. The monoisotopic (exact) mass is 416 g/mol. The molecule has 0 aliphatic heterocycles. The fourth-order valence-corrected chi connectivity index (χ4v) is 3.54. The fraction of sp³-hybridized carbons (Fsp3) is 0.0909. The molecule has 2 aromatic carbocycles. The predicted octanol–water partition coefficient (Wildman–Crippen LogP) is 5.52. The lowest BCUT2D eigenvalue weighted by atomic mass is 10.1. The van der Waals surface area contributed by atoms with Crippen LogP contribution in [0, 0.1) is 0 Å². The first-order chi connectivity index (χ1) is 14.7. The molecule has 0 saturated carbocycles. The lowest BCUT2D eigenvalue weighted by Gasteiger charge is -2.19. The van der Waals surface area contributed by atoms with E-state index in [0.717, 1.165) is 16.5 Å². The third kappa shape index (κ3) is 3.40. The van der Waals surface area contributed by atoms with Crippen LogP contribution < -0.4 is 10.1 Å². The number of hydrogen-bond acceptors (Lipinski definition) is 6. The number of nitrogens with zero attached hydrogens (tertiary/aromatic N) is 4. The van der Waals surface area contributed by atoms with Gasteiger partial charge in [-0.15, -0.1) is 0 Å². The SMILES string of the molecule is C[C@H](Nc1ncnc2nc[nH]c12)c1cc2cccc(Cl)c2nc1Oc1ccccc1. The first kappa shape index (κ1) is 18.3. The third-order valence-corrected chi connectivity index (χ3v) is 5.09. The highest BCUT2D eigenvalue weighted by molar-refractivity contribution is 6.35. The van der Waals surface area contributed by atoms with Gasteiger partial charge in [0.15, 0.2) is 11.5 Å². The van der Waals surface area contributed by atoms with Crippen LogP contribution in [0.2, 0.25) is 5.02 Å². The first-order valence-electron chi connectivity index (χ1n) is 9.42. The maximum atomic E-state index is 6.38. The van der Waals surface area contributed by atoms with Crippen LogP contribution in [0.3, 0.4) is 0 Å². The Balaban J connectivity index is 1.59. The highest BCUT2D eigenvalue weighted by Crippen LogP contribution is 2.34. The summed E-state index contributed by atoms with van der Waals surface area (Å²) in [5.74, 6) is 1.83. The van der Waals surface area contributed by atoms with E-state index in [1.165, 1.54) is 6.33 Å². The van der Waals surface area contributed by atoms with Gasteiger partial charge in [-0.1, -0.05) is 41.9 Å². The molecule has 2 N–H and O–H groups in total. The molecule has 3 aromatic heterocycles. The van der Waals surface area contributed by atoms with E-state index in [1.54, 1.807) is 6.33 Å². The van der Waals surface area contributed by atoms with Crippen molar-refractivity contribution < 1.29 is 4.74 Å². The quantitative estimate of drug-likeness (QED) is 0.392. The number of H-pyrrole nitrogens is 1. The van der Waals surface area contributed by atoms with Crippen LogP contribution in [0.5, 0.6) is 11.6 Å². The minimum Gasteiger partial charge on any atom is -0.439 e. The minimum atomic E-state index is -0.166. The summed E-state index contributed by atoms with van der Waals surface area (Å²) in [6, 6.07) is 17.1. The molecular weight excluding hydrogens is 400 g/mol. The van der Waals surface area contributed by atoms with E-state index in [1.807, 2.05) is 61.5 Å². The number of pyridine rings is 1. The zero-order valence-corrected chi connectivity index (χ0v) is 16.8. The molecule has 5 rings (SSSR count). The number of benzene rings is 2. The van der Waals surface area contributed by atoms with Gasteiger partial charge in [0.05, 0.1) is 22.9 Å². The summed E-state index contributed by atoms with van der Waals surface area (Å²) in [6.07, 6.45) is 3.08. The van der Waals surface area contributed by atoms with Gasteiger partial charge in [-0.2, -0.15) is 0 Å². The van der Waals surface area contributed by atoms with Crippen molar-refractivity contribution >= 4 is 39.5 Å². The maximum absolute atomic E-state index is 6.38. The number of imidazole rings is 1. The number of para-hydroxylation sites is 2. The Kier molecular flexibility index (Phi) is 4.65. The number of ether oxygens (including phenoxy) is 1. The molecule has 0 fully saturated rings. The van der Waals surface area contributed by atoms with E-state index in [4.69, 9.17) is 21.3 Å². The number of aromatic nitrogens is 5. The molecule has 5 aromatic rings. The number of hydrogen-bond donors (Lipinski definition) is 2. The Morgan fingerprint density at radius 2 is 1.90 bits per heavy atom. The molecule has 0 aliphatic rings. The van der Waals surface area contributed by atoms with Crippen LogP contribution in [0.25, 0.3) is 22.1 Å². The predicted molar refractivity (Wildman–Crippen MR) is 117 cm³/mol. The van der Waals surface area contributed by atoms with Gasteiger partial charge < -0.3 is 15.0 Å². The van der Waals surface area contributed by atoms with E-state index < -0.39 is 0 Å². The summed E-state index contributed by atoms with van der Waals surface area (Å²) in [4.78, 5) is 20.5. The average molecular weight is 417 g/mol. The largest absolute Gasteiger partial charge is 0.439 e. The number of fused-ring (bicyclic) bond motifs is 2. The van der Waals surface area contributed by atoms with Crippen molar-refractivity contribution in [1.82, 2.24) is 24.9 Å². The molecule has 0 bridgehead atoms. The third-order valence-electron chi connectivity index (χ3n) is 4.79. The standard InChI is InChI=1S/C22H17ClN6O/c1-13(28-21-19-20(25-11-24-19)26-12-27-21)16-10-14-6-5-9-17(23)18(14)29-22(16)30-15-7-3-2-4-8-15/h2-13H,1H3,(H2,24,25,26,27,28)/t13-/m0/s1. The van der Waals surface area contributed by atoms with Crippen LogP contribution in [0.15, 0.2) is 67.3 Å². The Hall–Kier alpha value is -3.71. The number of rotatable bonds is 5. The molecule has 0 aliphatic carbocycles. The first-order valence-corrected chi connectivity index (χ1v) is 9.79. The summed E-state index contributed by atoms with van der Waals surface area (Å²) in [5.41, 5.74) is 2.91. The molecule has 0 spiro atoms. The summed E-state index contributed by atoms with van der Waals surface area (Å²) < 4.78 is 6.14. The van der Waals surface area contributed by atoms with E-state index in [2.05, 4.69) is 25.3 Å². The molecule has 1 atom stereocenters. The normalized spacial score (nSPS) is 12.2. The highest BCUT2D eigenvalue weighted by Gasteiger charge is 2.18. The summed E-state index contributed by atoms with van der Waals surface area (Å²) in [7, 11) is 0. The molecule has 30 heavy (non-hydrogen) atoms. The van der Waals surface area contributed by atoms with Gasteiger partial charge in [0.25, 0.3) is 0 Å². The molecule has 3 heterocycles. The molecule has 7 nitrogen and oxygen atoms in total. The molecule has 0 amide bonds. The van der Waals surface area contributed by atoms with Gasteiger partial charge in [0.1, 0.15) is 17.6 Å². The van der Waals surface area contributed by atoms with Crippen LogP contribution in [-0.4, -0.2) is 24.9 Å². The highest BCUT2D eigenvalue weighted by atomic mass is 35.5. The van der Waals surface area contributed by atoms with Crippen molar-refractivity contribution in [3.05, 3.63) is 77.8 Å². The molecule has 0 saturated heterocycles. The Labute approximate surface area is 177 Å². The summed E-state index contributed by atoms with van der Waals surface area (Å²) >= 11 is 6.38. The number of aromatic amines is 1. The molecule has 8 heteroatoms. The van der Waals surface area contributed by atoms with E-state index in [-0.39, 0.29) is 6.04 Å². The Bertz CT molecular complexity index is 1340. The van der Waals surface area contributed by atoms with E-state index in [9.17, 15) is 0 Å². The van der Waals surface area contributed by atoms with Gasteiger partial charge >= 0.3 is 0 Å². The molecular formula is C22H17ClN6O. The maximum Gasteiger partial charge on any atom is 0.225 e. The van der Waals surface area contributed by atoms with Crippen molar-refractivity contribution in [2.75, 3.05) is 5.32 Å². The minimum absolute atomic E-state index is 0.166. The second-order valence-corrected chi connectivity index (χ2v) is 7.21. The molecule has 0 radical (unpaired) electrons. The number of halogens is 1. The lowest BCUT2D eigenvalue weighted by molar-refractivity contribution is 0.456. The van der Waals surface area contributed by atoms with Crippen molar-refractivity contribution in [2.24, 2.45) is 0 Å². The van der Waals surface area contributed by atoms with Crippen LogP contribution in [0.1, 0.15) is 18.5 Å². The smallest absolute Gasteiger partial charge is 0.225 e. The molecule has 148 valence electrons. The molecule has 0 unspecified atom stereocenters.